The summed E-state index contributed by atoms with van der Waals surface area (Å²) >= 11 is 6.03. The van der Waals surface area contributed by atoms with Crippen LogP contribution < -0.4 is 0 Å². The highest BCUT2D eigenvalue weighted by molar-refractivity contribution is 6.30. The normalized spacial score (nSPS) is 11.5. The van der Waals surface area contributed by atoms with Crippen molar-refractivity contribution < 1.29 is 4.79 Å². The van der Waals surface area contributed by atoms with Gasteiger partial charge in [-0.1, -0.05) is 36.3 Å². The average molecular weight is 222 g/mol. The standard InChI is InChI=1S/C12H12ClNO/c1-3-9-14(2)12(15)11(13)10-7-5-4-6-8-10/h1,4-8,11H,9H2,2H3. The van der Waals surface area contributed by atoms with Gasteiger partial charge in [0.05, 0.1) is 6.54 Å². The minimum Gasteiger partial charge on any atom is -0.333 e. The Hall–Kier alpha value is -1.46. The molecule has 0 aliphatic rings. The lowest BCUT2D eigenvalue weighted by Crippen LogP contribution is -2.30. The molecule has 15 heavy (non-hydrogen) atoms. The molecule has 1 unspecified atom stereocenters. The Bertz CT molecular complexity index is 369. The summed E-state index contributed by atoms with van der Waals surface area (Å²) in [5, 5.41) is -0.662. The molecule has 0 saturated heterocycles. The zero-order valence-corrected chi connectivity index (χ0v) is 9.24. The van der Waals surface area contributed by atoms with Gasteiger partial charge >= 0.3 is 0 Å². The maximum Gasteiger partial charge on any atom is 0.245 e. The average Bonchev–Trinajstić information content (AvgIpc) is 2.28. The van der Waals surface area contributed by atoms with Crippen molar-refractivity contribution in [1.29, 1.82) is 0 Å². The second-order valence-corrected chi connectivity index (χ2v) is 3.61. The van der Waals surface area contributed by atoms with E-state index in [2.05, 4.69) is 5.92 Å². The Kier molecular flexibility index (Phi) is 4.20. The van der Waals surface area contributed by atoms with E-state index in [1.165, 1.54) is 4.90 Å². The number of likely N-dealkylation sites (N-methyl/N-ethyl adjacent to an activating group) is 1. The predicted octanol–water partition coefficient (Wildman–Crippen LogP) is 2.06. The fraction of sp³-hybridized carbons (Fsp3) is 0.250. The van der Waals surface area contributed by atoms with Crippen LogP contribution in [-0.4, -0.2) is 24.4 Å². The maximum atomic E-state index is 11.7. The lowest BCUT2D eigenvalue weighted by Gasteiger charge is -2.17. The molecule has 1 rings (SSSR count). The van der Waals surface area contributed by atoms with Crippen LogP contribution in [0.25, 0.3) is 0 Å². The number of amides is 1. The molecule has 0 heterocycles. The summed E-state index contributed by atoms with van der Waals surface area (Å²) < 4.78 is 0. The summed E-state index contributed by atoms with van der Waals surface area (Å²) in [7, 11) is 1.64. The Morgan fingerprint density at radius 2 is 2.13 bits per heavy atom. The number of carbonyl (C=O) groups is 1. The molecular weight excluding hydrogens is 210 g/mol. The first kappa shape index (κ1) is 11.6. The Labute approximate surface area is 94.8 Å². The molecule has 1 atom stereocenters. The van der Waals surface area contributed by atoms with E-state index in [4.69, 9.17) is 18.0 Å². The summed E-state index contributed by atoms with van der Waals surface area (Å²) in [6.45, 7) is 0.273. The van der Waals surface area contributed by atoms with Gasteiger partial charge in [-0.3, -0.25) is 4.79 Å². The zero-order valence-electron chi connectivity index (χ0n) is 8.48. The number of rotatable bonds is 3. The molecule has 0 radical (unpaired) electrons. The molecule has 1 aromatic rings. The number of hydrogen-bond donors (Lipinski definition) is 0. The van der Waals surface area contributed by atoms with Crippen LogP contribution in [0.2, 0.25) is 0 Å². The van der Waals surface area contributed by atoms with Gasteiger partial charge in [-0.2, -0.15) is 0 Å². The Morgan fingerprint density at radius 1 is 1.53 bits per heavy atom. The number of benzene rings is 1. The minimum absolute atomic E-state index is 0.180. The van der Waals surface area contributed by atoms with E-state index in [1.807, 2.05) is 30.3 Å². The van der Waals surface area contributed by atoms with Crippen molar-refractivity contribution in [2.45, 2.75) is 5.38 Å². The van der Waals surface area contributed by atoms with Crippen molar-refractivity contribution in [2.75, 3.05) is 13.6 Å². The topological polar surface area (TPSA) is 20.3 Å². The minimum atomic E-state index is -0.662. The molecule has 0 aromatic heterocycles. The summed E-state index contributed by atoms with van der Waals surface area (Å²) in [4.78, 5) is 13.2. The van der Waals surface area contributed by atoms with Gasteiger partial charge in [0, 0.05) is 7.05 Å². The van der Waals surface area contributed by atoms with Gasteiger partial charge in [0.15, 0.2) is 0 Å². The van der Waals surface area contributed by atoms with Crippen LogP contribution in [0.3, 0.4) is 0 Å². The highest BCUT2D eigenvalue weighted by Crippen LogP contribution is 2.21. The number of nitrogens with zero attached hydrogens (tertiary/aromatic N) is 1. The molecular formula is C12H12ClNO. The van der Waals surface area contributed by atoms with Crippen molar-refractivity contribution in [1.82, 2.24) is 4.90 Å². The van der Waals surface area contributed by atoms with Crippen molar-refractivity contribution in [3.05, 3.63) is 35.9 Å². The molecule has 0 spiro atoms. The van der Waals surface area contributed by atoms with E-state index in [0.717, 1.165) is 5.56 Å². The van der Waals surface area contributed by atoms with Crippen LogP contribution in [0.1, 0.15) is 10.9 Å². The van der Waals surface area contributed by atoms with Gasteiger partial charge in [-0.25, -0.2) is 0 Å². The van der Waals surface area contributed by atoms with Crippen molar-refractivity contribution >= 4 is 17.5 Å². The maximum absolute atomic E-state index is 11.7. The summed E-state index contributed by atoms with van der Waals surface area (Å²) in [6.07, 6.45) is 5.12. The van der Waals surface area contributed by atoms with E-state index >= 15 is 0 Å². The molecule has 1 aromatic carbocycles. The van der Waals surface area contributed by atoms with Crippen molar-refractivity contribution in [2.24, 2.45) is 0 Å². The SMILES string of the molecule is C#CCN(C)C(=O)C(Cl)c1ccccc1. The molecule has 0 fully saturated rings. The summed E-state index contributed by atoms with van der Waals surface area (Å²) in [5.41, 5.74) is 0.785. The first-order valence-electron chi connectivity index (χ1n) is 4.54. The summed E-state index contributed by atoms with van der Waals surface area (Å²) in [6, 6.07) is 9.21. The van der Waals surface area contributed by atoms with Crippen LogP contribution in [0.15, 0.2) is 30.3 Å². The van der Waals surface area contributed by atoms with Gasteiger partial charge in [-0.15, -0.1) is 18.0 Å². The lowest BCUT2D eigenvalue weighted by atomic mass is 10.1. The van der Waals surface area contributed by atoms with Gasteiger partial charge < -0.3 is 4.90 Å². The fourth-order valence-electron chi connectivity index (χ4n) is 1.17. The fourth-order valence-corrected chi connectivity index (χ4v) is 1.48. The van der Waals surface area contributed by atoms with E-state index in [0.29, 0.717) is 0 Å². The number of alkyl halides is 1. The van der Waals surface area contributed by atoms with Gasteiger partial charge in [0.25, 0.3) is 0 Å². The van der Waals surface area contributed by atoms with Crippen LogP contribution in [-0.2, 0) is 4.79 Å². The smallest absolute Gasteiger partial charge is 0.245 e. The van der Waals surface area contributed by atoms with E-state index in [-0.39, 0.29) is 12.5 Å². The van der Waals surface area contributed by atoms with Gasteiger partial charge in [-0.05, 0) is 5.56 Å². The Morgan fingerprint density at radius 3 is 2.67 bits per heavy atom. The molecule has 1 amide bonds. The number of halogens is 1. The van der Waals surface area contributed by atoms with Crippen LogP contribution in [0.5, 0.6) is 0 Å². The molecule has 0 aliphatic carbocycles. The first-order chi connectivity index (χ1) is 7.16. The molecule has 0 aliphatic heterocycles. The largest absolute Gasteiger partial charge is 0.333 e. The van der Waals surface area contributed by atoms with Crippen molar-refractivity contribution in [3.8, 4) is 12.3 Å². The second-order valence-electron chi connectivity index (χ2n) is 3.17. The van der Waals surface area contributed by atoms with E-state index < -0.39 is 5.38 Å². The monoisotopic (exact) mass is 221 g/mol. The number of hydrogen-bond acceptors (Lipinski definition) is 1. The quantitative estimate of drug-likeness (QED) is 0.565. The highest BCUT2D eigenvalue weighted by Gasteiger charge is 2.20. The second kappa shape index (κ2) is 5.43. The predicted molar refractivity (Wildman–Crippen MR) is 61.5 cm³/mol. The number of terminal acetylenes is 1. The first-order valence-corrected chi connectivity index (χ1v) is 4.98. The Balaban J connectivity index is 2.74. The number of carbonyl (C=O) groups excluding carboxylic acids is 1. The third-order valence-corrected chi connectivity index (χ3v) is 2.45. The lowest BCUT2D eigenvalue weighted by molar-refractivity contribution is -0.129. The highest BCUT2D eigenvalue weighted by atomic mass is 35.5. The molecule has 0 bridgehead atoms. The molecule has 0 saturated carbocycles. The molecule has 2 nitrogen and oxygen atoms in total. The van der Waals surface area contributed by atoms with E-state index in [1.54, 1.807) is 7.05 Å². The van der Waals surface area contributed by atoms with Crippen molar-refractivity contribution in [3.63, 3.8) is 0 Å². The molecule has 78 valence electrons. The molecule has 3 heteroatoms. The van der Waals surface area contributed by atoms with Crippen LogP contribution in [0, 0.1) is 12.3 Å². The summed E-state index contributed by atoms with van der Waals surface area (Å²) in [5.74, 6) is 2.22. The van der Waals surface area contributed by atoms with Crippen LogP contribution >= 0.6 is 11.6 Å². The van der Waals surface area contributed by atoms with Crippen LogP contribution in [0.4, 0.5) is 0 Å². The van der Waals surface area contributed by atoms with E-state index in [9.17, 15) is 4.79 Å². The third kappa shape index (κ3) is 3.00. The van der Waals surface area contributed by atoms with Gasteiger partial charge in [0.1, 0.15) is 5.38 Å². The third-order valence-electron chi connectivity index (χ3n) is 2.01. The molecule has 0 N–H and O–H groups in total. The van der Waals surface area contributed by atoms with Gasteiger partial charge in [0.2, 0.25) is 5.91 Å². The zero-order chi connectivity index (χ0) is 11.3.